The van der Waals surface area contributed by atoms with E-state index < -0.39 is 0 Å². The van der Waals surface area contributed by atoms with Gasteiger partial charge in [-0.3, -0.25) is 4.79 Å². The molecule has 0 N–H and O–H groups in total. The van der Waals surface area contributed by atoms with Gasteiger partial charge in [-0.1, -0.05) is 19.9 Å². The van der Waals surface area contributed by atoms with Gasteiger partial charge in [-0.2, -0.15) is 0 Å². The Hall–Kier alpha value is -0.630. The van der Waals surface area contributed by atoms with Crippen molar-refractivity contribution >= 4 is 5.78 Å². The summed E-state index contributed by atoms with van der Waals surface area (Å²) in [4.78, 5) is 11.7. The van der Waals surface area contributed by atoms with Gasteiger partial charge < -0.3 is 4.74 Å². The number of carbonyl (C=O) groups is 1. The van der Waals surface area contributed by atoms with Crippen LogP contribution in [0.1, 0.15) is 47.0 Å². The van der Waals surface area contributed by atoms with Crippen molar-refractivity contribution in [3.8, 4) is 0 Å². The summed E-state index contributed by atoms with van der Waals surface area (Å²) in [5.74, 6) is 0.328. The first-order chi connectivity index (χ1) is 6.83. The summed E-state index contributed by atoms with van der Waals surface area (Å²) in [6.45, 7) is 8.43. The van der Waals surface area contributed by atoms with Crippen LogP contribution in [0.15, 0.2) is 11.6 Å². The molecule has 0 aromatic heterocycles. The molecule has 2 rings (SSSR count). The molecule has 1 aliphatic carbocycles. The smallest absolute Gasteiger partial charge is 0.136 e. The van der Waals surface area contributed by atoms with Crippen LogP contribution in [0.25, 0.3) is 0 Å². The van der Waals surface area contributed by atoms with Crippen molar-refractivity contribution in [2.24, 2.45) is 5.41 Å². The number of hydrogen-bond acceptors (Lipinski definition) is 2. The van der Waals surface area contributed by atoms with Gasteiger partial charge in [0.2, 0.25) is 0 Å². The van der Waals surface area contributed by atoms with Crippen molar-refractivity contribution in [2.45, 2.75) is 58.7 Å². The lowest BCUT2D eigenvalue weighted by Gasteiger charge is -2.48. The lowest BCUT2D eigenvalue weighted by molar-refractivity contribution is -0.137. The molecule has 0 aromatic carbocycles. The Morgan fingerprint density at radius 1 is 1.33 bits per heavy atom. The SMILES string of the molecule is C[C@@H]1CC=C2C(C)(C)CC(=O)C[C@@]2(C)O1. The van der Waals surface area contributed by atoms with Crippen LogP contribution in [0.4, 0.5) is 0 Å². The Morgan fingerprint density at radius 2 is 2.00 bits per heavy atom. The predicted octanol–water partition coefficient (Wildman–Crippen LogP) is 2.87. The highest BCUT2D eigenvalue weighted by molar-refractivity contribution is 5.83. The monoisotopic (exact) mass is 208 g/mol. The molecule has 0 saturated heterocycles. The summed E-state index contributed by atoms with van der Waals surface area (Å²) in [6.07, 6.45) is 4.71. The van der Waals surface area contributed by atoms with E-state index in [0.717, 1.165) is 6.42 Å². The van der Waals surface area contributed by atoms with Crippen LogP contribution in [0.3, 0.4) is 0 Å². The zero-order valence-corrected chi connectivity index (χ0v) is 10.1. The number of hydrogen-bond donors (Lipinski definition) is 0. The summed E-state index contributed by atoms with van der Waals surface area (Å²) in [7, 11) is 0. The largest absolute Gasteiger partial charge is 0.367 e. The first kappa shape index (κ1) is 10.9. The van der Waals surface area contributed by atoms with Crippen LogP contribution in [0.5, 0.6) is 0 Å². The molecule has 0 unspecified atom stereocenters. The first-order valence-corrected chi connectivity index (χ1v) is 5.74. The molecule has 2 nitrogen and oxygen atoms in total. The summed E-state index contributed by atoms with van der Waals surface area (Å²) in [6, 6.07) is 0. The summed E-state index contributed by atoms with van der Waals surface area (Å²) >= 11 is 0. The number of ketones is 1. The Kier molecular flexibility index (Phi) is 2.30. The molecule has 0 amide bonds. The van der Waals surface area contributed by atoms with E-state index in [-0.39, 0.29) is 17.1 Å². The Balaban J connectivity index is 2.41. The van der Waals surface area contributed by atoms with E-state index in [1.165, 1.54) is 5.57 Å². The zero-order valence-electron chi connectivity index (χ0n) is 10.1. The van der Waals surface area contributed by atoms with E-state index in [0.29, 0.717) is 18.6 Å². The summed E-state index contributed by atoms with van der Waals surface area (Å²) in [5, 5.41) is 0. The highest BCUT2D eigenvalue weighted by Crippen LogP contribution is 2.48. The molecule has 15 heavy (non-hydrogen) atoms. The highest BCUT2D eigenvalue weighted by atomic mass is 16.5. The van der Waals surface area contributed by atoms with Gasteiger partial charge in [0, 0.05) is 12.8 Å². The van der Waals surface area contributed by atoms with Gasteiger partial charge in [-0.05, 0) is 31.3 Å². The maximum absolute atomic E-state index is 11.7. The van der Waals surface area contributed by atoms with Gasteiger partial charge in [0.25, 0.3) is 0 Å². The molecule has 0 radical (unpaired) electrons. The van der Waals surface area contributed by atoms with Gasteiger partial charge in [-0.25, -0.2) is 0 Å². The average Bonchev–Trinajstić information content (AvgIpc) is 1.97. The molecular weight excluding hydrogens is 188 g/mol. The number of rotatable bonds is 0. The van der Waals surface area contributed by atoms with E-state index >= 15 is 0 Å². The van der Waals surface area contributed by atoms with Crippen LogP contribution < -0.4 is 0 Å². The van der Waals surface area contributed by atoms with E-state index in [1.807, 2.05) is 0 Å². The Labute approximate surface area is 91.7 Å². The minimum absolute atomic E-state index is 0.0236. The molecule has 2 aliphatic rings. The molecule has 0 bridgehead atoms. The molecule has 0 aromatic rings. The Bertz CT molecular complexity index is 327. The quantitative estimate of drug-likeness (QED) is 0.572. The zero-order chi connectivity index (χ0) is 11.3. The van der Waals surface area contributed by atoms with Gasteiger partial charge in [0.05, 0.1) is 11.7 Å². The predicted molar refractivity (Wildman–Crippen MR) is 59.7 cm³/mol. The molecule has 2 heteroatoms. The van der Waals surface area contributed by atoms with Gasteiger partial charge in [0.15, 0.2) is 0 Å². The third-order valence-corrected chi connectivity index (χ3v) is 3.59. The fourth-order valence-corrected chi connectivity index (χ4v) is 3.21. The number of Topliss-reactive ketones (excluding diaryl/α,β-unsaturated/α-hetero) is 1. The van der Waals surface area contributed by atoms with Crippen LogP contribution >= 0.6 is 0 Å². The Morgan fingerprint density at radius 3 is 2.67 bits per heavy atom. The normalized spacial score (nSPS) is 39.6. The van der Waals surface area contributed by atoms with Gasteiger partial charge in [-0.15, -0.1) is 0 Å². The van der Waals surface area contributed by atoms with Crippen molar-refractivity contribution in [1.29, 1.82) is 0 Å². The molecule has 1 saturated carbocycles. The molecule has 1 heterocycles. The van der Waals surface area contributed by atoms with Crippen LogP contribution in [0.2, 0.25) is 0 Å². The van der Waals surface area contributed by atoms with Crippen molar-refractivity contribution in [3.05, 3.63) is 11.6 Å². The topological polar surface area (TPSA) is 26.3 Å². The van der Waals surface area contributed by atoms with Crippen molar-refractivity contribution in [2.75, 3.05) is 0 Å². The van der Waals surface area contributed by atoms with Crippen LogP contribution in [-0.2, 0) is 9.53 Å². The standard InChI is InChI=1S/C13H20O2/c1-9-5-6-11-12(2,3)7-10(14)8-13(11,4)15-9/h6,9H,5,7-8H2,1-4H3/t9-,13-/m1/s1. The molecular formula is C13H20O2. The maximum Gasteiger partial charge on any atom is 0.136 e. The van der Waals surface area contributed by atoms with Crippen LogP contribution in [0, 0.1) is 5.41 Å². The highest BCUT2D eigenvalue weighted by Gasteiger charge is 2.47. The third-order valence-electron chi connectivity index (χ3n) is 3.59. The van der Waals surface area contributed by atoms with E-state index in [4.69, 9.17) is 4.74 Å². The second-order valence-corrected chi connectivity index (χ2v) is 5.79. The van der Waals surface area contributed by atoms with Crippen molar-refractivity contribution in [3.63, 3.8) is 0 Å². The maximum atomic E-state index is 11.7. The molecule has 1 aliphatic heterocycles. The number of carbonyl (C=O) groups excluding carboxylic acids is 1. The summed E-state index contributed by atoms with van der Waals surface area (Å²) < 4.78 is 5.99. The minimum Gasteiger partial charge on any atom is -0.367 e. The molecule has 0 spiro atoms. The third kappa shape index (κ3) is 1.76. The molecule has 84 valence electrons. The summed E-state index contributed by atoms with van der Waals surface area (Å²) in [5.41, 5.74) is 0.966. The fraction of sp³-hybridized carbons (Fsp3) is 0.769. The second kappa shape index (κ2) is 3.18. The molecule has 1 fully saturated rings. The van der Waals surface area contributed by atoms with E-state index in [9.17, 15) is 4.79 Å². The number of fused-ring (bicyclic) bond motifs is 1. The van der Waals surface area contributed by atoms with E-state index in [2.05, 4.69) is 33.8 Å². The minimum atomic E-state index is -0.337. The van der Waals surface area contributed by atoms with Gasteiger partial charge in [0.1, 0.15) is 5.78 Å². The van der Waals surface area contributed by atoms with Gasteiger partial charge >= 0.3 is 0 Å². The molecule has 2 atom stereocenters. The first-order valence-electron chi connectivity index (χ1n) is 5.74. The lowest BCUT2D eigenvalue weighted by Crippen LogP contribution is -2.49. The fourth-order valence-electron chi connectivity index (χ4n) is 3.21. The average molecular weight is 208 g/mol. The second-order valence-electron chi connectivity index (χ2n) is 5.79. The van der Waals surface area contributed by atoms with Crippen molar-refractivity contribution < 1.29 is 9.53 Å². The van der Waals surface area contributed by atoms with E-state index in [1.54, 1.807) is 0 Å². The van der Waals surface area contributed by atoms with Crippen LogP contribution in [-0.4, -0.2) is 17.5 Å². The number of ether oxygens (including phenoxy) is 1. The lowest BCUT2D eigenvalue weighted by atomic mass is 9.64. The van der Waals surface area contributed by atoms with Crippen molar-refractivity contribution in [1.82, 2.24) is 0 Å².